The maximum atomic E-state index is 11.1. The van der Waals surface area contributed by atoms with E-state index in [1.807, 2.05) is 6.07 Å². The normalized spacial score (nSPS) is 18.3. The molecule has 0 N–H and O–H groups in total. The molecule has 1 fully saturated rings. The Hall–Kier alpha value is -1.63. The lowest BCUT2D eigenvalue weighted by Gasteiger charge is -2.13. The van der Waals surface area contributed by atoms with E-state index in [1.54, 1.807) is 6.92 Å². The van der Waals surface area contributed by atoms with Crippen molar-refractivity contribution in [1.82, 2.24) is 4.90 Å². The predicted octanol–water partition coefficient (Wildman–Crippen LogP) is 0.215. The fraction of sp³-hybridized carbons (Fsp3) is 0.375. The number of nitrogens with zero attached hydrogens (tertiary/aromatic N) is 2. The van der Waals surface area contributed by atoms with Crippen LogP contribution in [0.5, 0.6) is 0 Å². The number of amides is 1. The van der Waals surface area contributed by atoms with Crippen molar-refractivity contribution in [3.05, 3.63) is 11.8 Å². The average molecular weight is 164 g/mol. The minimum atomic E-state index is -0.219. The number of hydrogen-bond donors (Lipinski definition) is 0. The van der Waals surface area contributed by atoms with E-state index in [-0.39, 0.29) is 24.7 Å². The van der Waals surface area contributed by atoms with Gasteiger partial charge in [-0.25, -0.2) is 0 Å². The van der Waals surface area contributed by atoms with Crippen LogP contribution in [0.4, 0.5) is 0 Å². The number of carbonyl (C=O) groups excluding carboxylic acids is 2. The lowest BCUT2D eigenvalue weighted by Crippen LogP contribution is -2.22. The Labute approximate surface area is 70.1 Å². The molecule has 0 radical (unpaired) electrons. The molecule has 0 bridgehead atoms. The molecule has 0 aromatic rings. The van der Waals surface area contributed by atoms with Crippen molar-refractivity contribution in [3.63, 3.8) is 0 Å². The van der Waals surface area contributed by atoms with E-state index >= 15 is 0 Å². The van der Waals surface area contributed by atoms with Gasteiger partial charge in [-0.2, -0.15) is 5.26 Å². The van der Waals surface area contributed by atoms with Crippen LogP contribution in [0.15, 0.2) is 11.8 Å². The number of hydrogen-bond acceptors (Lipinski definition) is 3. The van der Waals surface area contributed by atoms with E-state index in [4.69, 9.17) is 5.26 Å². The molecule has 1 saturated heterocycles. The first kappa shape index (κ1) is 8.47. The summed E-state index contributed by atoms with van der Waals surface area (Å²) < 4.78 is 0. The highest BCUT2D eigenvalue weighted by molar-refractivity contribution is 6.06. The maximum Gasteiger partial charge on any atom is 0.234 e. The second kappa shape index (κ2) is 3.18. The molecule has 4 heteroatoms. The first-order valence-electron chi connectivity index (χ1n) is 3.53. The standard InChI is InChI=1S/C8H8N2O2/c1-6(2-3-9)10-5-7(11)4-8(10)12/h2H,4-5H2,1H3. The van der Waals surface area contributed by atoms with Crippen LogP contribution in [0.25, 0.3) is 0 Å². The Morgan fingerprint density at radius 1 is 1.67 bits per heavy atom. The van der Waals surface area contributed by atoms with E-state index in [0.717, 1.165) is 0 Å². The zero-order valence-electron chi connectivity index (χ0n) is 6.70. The van der Waals surface area contributed by atoms with Gasteiger partial charge in [-0.3, -0.25) is 9.59 Å². The molecule has 1 aliphatic heterocycles. The highest BCUT2D eigenvalue weighted by Crippen LogP contribution is 2.12. The number of ketones is 1. The van der Waals surface area contributed by atoms with E-state index in [0.29, 0.717) is 5.70 Å². The molecule has 1 rings (SSSR count). The van der Waals surface area contributed by atoms with E-state index in [9.17, 15) is 9.59 Å². The van der Waals surface area contributed by atoms with Crippen LogP contribution in [0.3, 0.4) is 0 Å². The number of allylic oxidation sites excluding steroid dienone is 2. The van der Waals surface area contributed by atoms with E-state index < -0.39 is 0 Å². The summed E-state index contributed by atoms with van der Waals surface area (Å²) in [7, 11) is 0. The summed E-state index contributed by atoms with van der Waals surface area (Å²) >= 11 is 0. The summed E-state index contributed by atoms with van der Waals surface area (Å²) in [6.45, 7) is 1.75. The fourth-order valence-electron chi connectivity index (χ4n) is 1.08. The largest absolute Gasteiger partial charge is 0.308 e. The Bertz CT molecular complexity index is 299. The summed E-state index contributed by atoms with van der Waals surface area (Å²) in [5, 5.41) is 8.30. The molecular formula is C8H8N2O2. The molecule has 1 amide bonds. The van der Waals surface area contributed by atoms with Gasteiger partial charge < -0.3 is 4.90 Å². The minimum Gasteiger partial charge on any atom is -0.308 e. The van der Waals surface area contributed by atoms with E-state index in [2.05, 4.69) is 0 Å². The Morgan fingerprint density at radius 3 is 2.75 bits per heavy atom. The summed E-state index contributed by atoms with van der Waals surface area (Å²) in [5.74, 6) is -0.310. The predicted molar refractivity (Wildman–Crippen MR) is 40.7 cm³/mol. The van der Waals surface area contributed by atoms with Crippen LogP contribution < -0.4 is 0 Å². The number of carbonyl (C=O) groups is 2. The van der Waals surface area contributed by atoms with Crippen LogP contribution in [0, 0.1) is 11.3 Å². The van der Waals surface area contributed by atoms with Crippen molar-refractivity contribution in [3.8, 4) is 6.07 Å². The average Bonchev–Trinajstić information content (AvgIpc) is 2.30. The van der Waals surface area contributed by atoms with Crippen LogP contribution in [-0.4, -0.2) is 23.1 Å². The molecule has 0 saturated carbocycles. The summed E-state index contributed by atoms with van der Waals surface area (Å²) in [6, 6.07) is 1.81. The Balaban J connectivity index is 2.79. The molecule has 0 unspecified atom stereocenters. The third-order valence-corrected chi connectivity index (χ3v) is 1.68. The Kier molecular flexibility index (Phi) is 2.24. The number of nitriles is 1. The Morgan fingerprint density at radius 2 is 2.33 bits per heavy atom. The number of likely N-dealkylation sites (tertiary alicyclic amines) is 1. The maximum absolute atomic E-state index is 11.1. The van der Waals surface area contributed by atoms with Gasteiger partial charge in [0.1, 0.15) is 0 Å². The van der Waals surface area contributed by atoms with Gasteiger partial charge in [0.15, 0.2) is 5.78 Å². The lowest BCUT2D eigenvalue weighted by atomic mass is 10.3. The van der Waals surface area contributed by atoms with Gasteiger partial charge >= 0.3 is 0 Å². The fourth-order valence-corrected chi connectivity index (χ4v) is 1.08. The van der Waals surface area contributed by atoms with E-state index in [1.165, 1.54) is 11.0 Å². The van der Waals surface area contributed by atoms with Crippen molar-refractivity contribution in [2.75, 3.05) is 6.54 Å². The number of rotatable bonds is 1. The molecule has 0 spiro atoms. The molecule has 62 valence electrons. The summed E-state index contributed by atoms with van der Waals surface area (Å²) in [5.41, 5.74) is 0.536. The van der Waals surface area contributed by atoms with Crippen LogP contribution >= 0.6 is 0 Å². The molecule has 0 atom stereocenters. The zero-order chi connectivity index (χ0) is 9.14. The highest BCUT2D eigenvalue weighted by Gasteiger charge is 2.27. The van der Waals surface area contributed by atoms with Gasteiger partial charge in [-0.15, -0.1) is 0 Å². The summed E-state index contributed by atoms with van der Waals surface area (Å²) in [4.78, 5) is 23.2. The second-order valence-corrected chi connectivity index (χ2v) is 2.61. The van der Waals surface area contributed by atoms with Crippen molar-refractivity contribution < 1.29 is 9.59 Å². The molecule has 0 aromatic heterocycles. The van der Waals surface area contributed by atoms with Crippen molar-refractivity contribution >= 4 is 11.7 Å². The molecule has 12 heavy (non-hydrogen) atoms. The topological polar surface area (TPSA) is 61.2 Å². The second-order valence-electron chi connectivity index (χ2n) is 2.61. The van der Waals surface area contributed by atoms with Gasteiger partial charge in [0.2, 0.25) is 5.91 Å². The van der Waals surface area contributed by atoms with Crippen molar-refractivity contribution in [2.45, 2.75) is 13.3 Å². The first-order chi connectivity index (χ1) is 5.65. The molecule has 0 aliphatic carbocycles. The van der Waals surface area contributed by atoms with Crippen molar-refractivity contribution in [2.24, 2.45) is 0 Å². The highest BCUT2D eigenvalue weighted by atomic mass is 16.2. The van der Waals surface area contributed by atoms with Crippen LogP contribution in [0.1, 0.15) is 13.3 Å². The minimum absolute atomic E-state index is 0.0311. The third kappa shape index (κ3) is 1.51. The van der Waals surface area contributed by atoms with Crippen molar-refractivity contribution in [1.29, 1.82) is 5.26 Å². The zero-order valence-corrected chi connectivity index (χ0v) is 6.70. The van der Waals surface area contributed by atoms with Gasteiger partial charge in [-0.1, -0.05) is 0 Å². The van der Waals surface area contributed by atoms with Gasteiger partial charge in [0, 0.05) is 11.8 Å². The lowest BCUT2D eigenvalue weighted by molar-refractivity contribution is -0.126. The SMILES string of the molecule is CC(=CC#N)N1CC(=O)CC1=O. The smallest absolute Gasteiger partial charge is 0.234 e. The third-order valence-electron chi connectivity index (χ3n) is 1.68. The van der Waals surface area contributed by atoms with Gasteiger partial charge in [0.05, 0.1) is 19.0 Å². The van der Waals surface area contributed by atoms with Gasteiger partial charge in [-0.05, 0) is 6.92 Å². The first-order valence-corrected chi connectivity index (χ1v) is 3.53. The molecule has 4 nitrogen and oxygen atoms in total. The number of Topliss-reactive ketones (excluding diaryl/α,β-unsaturated/α-hetero) is 1. The van der Waals surface area contributed by atoms with Crippen LogP contribution in [0.2, 0.25) is 0 Å². The monoisotopic (exact) mass is 164 g/mol. The quantitative estimate of drug-likeness (QED) is 0.411. The van der Waals surface area contributed by atoms with Gasteiger partial charge in [0.25, 0.3) is 0 Å². The molecular weight excluding hydrogens is 156 g/mol. The molecule has 0 aromatic carbocycles. The van der Waals surface area contributed by atoms with Crippen LogP contribution in [-0.2, 0) is 9.59 Å². The molecule has 1 heterocycles. The summed E-state index contributed by atoms with van der Waals surface area (Å²) in [6.07, 6.45) is 1.23. The molecule has 1 aliphatic rings.